The molecule has 0 aliphatic carbocycles. The van der Waals surface area contributed by atoms with E-state index in [9.17, 15) is 4.79 Å². The number of methoxy groups -OCH3 is 1. The molecular weight excluding hydrogens is 428 g/mol. The molecule has 34 heavy (non-hydrogen) atoms. The second-order valence-electron chi connectivity index (χ2n) is 7.97. The molecule has 0 spiro atoms. The lowest BCUT2D eigenvalue weighted by molar-refractivity contribution is -0.114. The van der Waals surface area contributed by atoms with Crippen LogP contribution in [0.5, 0.6) is 17.2 Å². The van der Waals surface area contributed by atoms with Crippen LogP contribution in [0.3, 0.4) is 0 Å². The van der Waals surface area contributed by atoms with E-state index in [1.165, 1.54) is 10.6 Å². The molecule has 1 amide bonds. The predicted octanol–water partition coefficient (Wildman–Crippen LogP) is 5.66. The Bertz CT molecular complexity index is 1200. The molecule has 6 heteroatoms. The molecular formula is C28H28N2O4. The Morgan fingerprint density at radius 2 is 1.62 bits per heavy atom. The van der Waals surface area contributed by atoms with Gasteiger partial charge in [-0.15, -0.1) is 0 Å². The van der Waals surface area contributed by atoms with Crippen LogP contribution in [0.25, 0.3) is 6.08 Å². The van der Waals surface area contributed by atoms with Gasteiger partial charge in [0.25, 0.3) is 5.91 Å². The van der Waals surface area contributed by atoms with Crippen molar-refractivity contribution in [2.75, 3.05) is 25.3 Å². The Morgan fingerprint density at radius 3 is 2.35 bits per heavy atom. The molecule has 0 atom stereocenters. The van der Waals surface area contributed by atoms with Gasteiger partial charge >= 0.3 is 0 Å². The van der Waals surface area contributed by atoms with Gasteiger partial charge in [0.1, 0.15) is 5.75 Å². The molecule has 6 nitrogen and oxygen atoms in total. The van der Waals surface area contributed by atoms with E-state index in [-0.39, 0.29) is 5.91 Å². The van der Waals surface area contributed by atoms with Gasteiger partial charge in [-0.1, -0.05) is 42.0 Å². The third kappa shape index (κ3) is 5.46. The zero-order chi connectivity index (χ0) is 23.9. The van der Waals surface area contributed by atoms with Crippen LogP contribution in [0, 0.1) is 6.92 Å². The van der Waals surface area contributed by atoms with Crippen LogP contribution in [0.15, 0.2) is 83.5 Å². The van der Waals surface area contributed by atoms with Gasteiger partial charge in [-0.25, -0.2) is 0 Å². The first-order valence-electron chi connectivity index (χ1n) is 11.2. The minimum absolute atomic E-state index is 0.156. The Balaban J connectivity index is 1.37. The standard InChI is InChI=1S/C28H28N2O4/c1-20-10-13-24(14-11-20)33-16-7-17-34-26-15-12-22(19-27(26)32-3)18-25-21(2)29-30(28(25)31)23-8-5-4-6-9-23/h4-6,8-15,18-19H,7,16-17H2,1-3H3/b25-18-. The largest absolute Gasteiger partial charge is 0.493 e. The van der Waals surface area contributed by atoms with E-state index in [0.717, 1.165) is 23.4 Å². The summed E-state index contributed by atoms with van der Waals surface area (Å²) in [5.74, 6) is 1.95. The maximum absolute atomic E-state index is 12.9. The highest BCUT2D eigenvalue weighted by Crippen LogP contribution is 2.30. The van der Waals surface area contributed by atoms with Crippen molar-refractivity contribution in [1.82, 2.24) is 0 Å². The summed E-state index contributed by atoms with van der Waals surface area (Å²) in [5, 5.41) is 5.85. The lowest BCUT2D eigenvalue weighted by atomic mass is 10.1. The van der Waals surface area contributed by atoms with E-state index in [2.05, 4.69) is 5.10 Å². The molecule has 1 aliphatic rings. The van der Waals surface area contributed by atoms with Gasteiger partial charge in [-0.2, -0.15) is 10.1 Å². The van der Waals surface area contributed by atoms with Crippen molar-refractivity contribution in [1.29, 1.82) is 0 Å². The number of benzene rings is 3. The molecule has 0 saturated carbocycles. The molecule has 0 saturated heterocycles. The molecule has 1 heterocycles. The van der Waals surface area contributed by atoms with Crippen molar-refractivity contribution >= 4 is 23.4 Å². The van der Waals surface area contributed by atoms with E-state index in [4.69, 9.17) is 14.2 Å². The van der Waals surface area contributed by atoms with E-state index in [0.29, 0.717) is 36.0 Å². The van der Waals surface area contributed by atoms with Crippen LogP contribution in [0.4, 0.5) is 5.69 Å². The number of hydrazone groups is 1. The first-order valence-corrected chi connectivity index (χ1v) is 11.2. The van der Waals surface area contributed by atoms with Crippen molar-refractivity contribution in [3.8, 4) is 17.2 Å². The van der Waals surface area contributed by atoms with Crippen molar-refractivity contribution in [3.05, 3.63) is 89.5 Å². The van der Waals surface area contributed by atoms with Gasteiger partial charge in [0.05, 0.1) is 37.3 Å². The van der Waals surface area contributed by atoms with Gasteiger partial charge in [0.2, 0.25) is 0 Å². The highest BCUT2D eigenvalue weighted by Gasteiger charge is 2.28. The zero-order valence-corrected chi connectivity index (χ0v) is 19.7. The summed E-state index contributed by atoms with van der Waals surface area (Å²) < 4.78 is 17.2. The average Bonchev–Trinajstić information content (AvgIpc) is 3.14. The van der Waals surface area contributed by atoms with Crippen molar-refractivity contribution in [2.45, 2.75) is 20.3 Å². The topological polar surface area (TPSA) is 60.4 Å². The molecule has 174 valence electrons. The molecule has 0 fully saturated rings. The van der Waals surface area contributed by atoms with Crippen molar-refractivity contribution < 1.29 is 19.0 Å². The molecule has 0 radical (unpaired) electrons. The Morgan fingerprint density at radius 1 is 0.882 bits per heavy atom. The zero-order valence-electron chi connectivity index (χ0n) is 19.7. The van der Waals surface area contributed by atoms with Gasteiger partial charge in [-0.05, 0) is 61.9 Å². The number of carbonyl (C=O) groups excluding carboxylic acids is 1. The van der Waals surface area contributed by atoms with Gasteiger partial charge < -0.3 is 14.2 Å². The van der Waals surface area contributed by atoms with Gasteiger partial charge in [0.15, 0.2) is 11.5 Å². The fraction of sp³-hybridized carbons (Fsp3) is 0.214. The Hall–Kier alpha value is -4.06. The number of nitrogens with zero attached hydrogens (tertiary/aromatic N) is 2. The maximum atomic E-state index is 12.9. The number of para-hydroxylation sites is 1. The van der Waals surface area contributed by atoms with Crippen LogP contribution in [-0.4, -0.2) is 31.9 Å². The fourth-order valence-corrected chi connectivity index (χ4v) is 3.55. The molecule has 0 bridgehead atoms. The Labute approximate surface area is 200 Å². The van der Waals surface area contributed by atoms with Crippen LogP contribution in [-0.2, 0) is 4.79 Å². The normalized spacial score (nSPS) is 14.3. The lowest BCUT2D eigenvalue weighted by Gasteiger charge is -2.12. The van der Waals surface area contributed by atoms with E-state index < -0.39 is 0 Å². The molecule has 4 rings (SSSR count). The van der Waals surface area contributed by atoms with E-state index >= 15 is 0 Å². The second-order valence-corrected chi connectivity index (χ2v) is 7.97. The quantitative estimate of drug-likeness (QED) is 0.308. The number of aryl methyl sites for hydroxylation is 1. The second kappa shape index (κ2) is 10.7. The molecule has 0 N–H and O–H groups in total. The minimum Gasteiger partial charge on any atom is -0.493 e. The molecule has 0 aromatic heterocycles. The first-order chi connectivity index (χ1) is 16.5. The third-order valence-electron chi connectivity index (χ3n) is 5.40. The summed E-state index contributed by atoms with van der Waals surface area (Å²) in [7, 11) is 1.60. The number of amides is 1. The lowest BCUT2D eigenvalue weighted by Crippen LogP contribution is -2.21. The van der Waals surface area contributed by atoms with Crippen LogP contribution < -0.4 is 19.2 Å². The minimum atomic E-state index is -0.156. The summed E-state index contributed by atoms with van der Waals surface area (Å²) in [6, 6.07) is 23.0. The highest BCUT2D eigenvalue weighted by atomic mass is 16.5. The summed E-state index contributed by atoms with van der Waals surface area (Å²) >= 11 is 0. The summed E-state index contributed by atoms with van der Waals surface area (Å²) in [5.41, 5.74) is 3.99. The van der Waals surface area contributed by atoms with Gasteiger partial charge in [-0.3, -0.25) is 4.79 Å². The summed E-state index contributed by atoms with van der Waals surface area (Å²) in [6.07, 6.45) is 2.56. The fourth-order valence-electron chi connectivity index (χ4n) is 3.55. The smallest absolute Gasteiger partial charge is 0.280 e. The van der Waals surface area contributed by atoms with Crippen LogP contribution >= 0.6 is 0 Å². The first kappa shape index (κ1) is 23.1. The number of rotatable bonds is 9. The molecule has 3 aromatic carbocycles. The average molecular weight is 457 g/mol. The predicted molar refractivity (Wildman–Crippen MR) is 135 cm³/mol. The van der Waals surface area contributed by atoms with Crippen molar-refractivity contribution in [2.24, 2.45) is 5.10 Å². The maximum Gasteiger partial charge on any atom is 0.280 e. The SMILES string of the molecule is COc1cc(/C=C2\C(=O)N(c3ccccc3)N=C2C)ccc1OCCCOc1ccc(C)cc1. The summed E-state index contributed by atoms with van der Waals surface area (Å²) in [4.78, 5) is 12.9. The highest BCUT2D eigenvalue weighted by molar-refractivity contribution is 6.32. The molecule has 1 aliphatic heterocycles. The van der Waals surface area contributed by atoms with Crippen LogP contribution in [0.1, 0.15) is 24.5 Å². The summed E-state index contributed by atoms with van der Waals surface area (Å²) in [6.45, 7) is 4.94. The van der Waals surface area contributed by atoms with E-state index in [1.807, 2.05) is 92.7 Å². The number of ether oxygens (including phenoxy) is 3. The number of carbonyl (C=O) groups is 1. The Kier molecular flexibility index (Phi) is 7.28. The molecule has 0 unspecified atom stereocenters. The monoisotopic (exact) mass is 456 g/mol. The number of hydrogen-bond acceptors (Lipinski definition) is 5. The number of hydrogen-bond donors (Lipinski definition) is 0. The van der Waals surface area contributed by atoms with Crippen molar-refractivity contribution in [3.63, 3.8) is 0 Å². The third-order valence-corrected chi connectivity index (χ3v) is 5.40. The van der Waals surface area contributed by atoms with E-state index in [1.54, 1.807) is 7.11 Å². The number of anilines is 1. The van der Waals surface area contributed by atoms with Crippen LogP contribution in [0.2, 0.25) is 0 Å². The van der Waals surface area contributed by atoms with Gasteiger partial charge in [0, 0.05) is 6.42 Å². The molecule has 3 aromatic rings.